The van der Waals surface area contributed by atoms with Gasteiger partial charge in [-0.15, -0.1) is 0 Å². The molecule has 0 radical (unpaired) electrons. The maximum atomic E-state index is 6.12. The maximum absolute atomic E-state index is 6.12. The van der Waals surface area contributed by atoms with E-state index in [1.807, 2.05) is 32.0 Å². The van der Waals surface area contributed by atoms with Crippen LogP contribution in [0, 0.1) is 6.92 Å². The Morgan fingerprint density at radius 2 is 2.00 bits per heavy atom. The summed E-state index contributed by atoms with van der Waals surface area (Å²) in [4.78, 5) is 10.9. The van der Waals surface area contributed by atoms with E-state index >= 15 is 0 Å². The largest absolute Gasteiger partial charge is 0.474 e. The summed E-state index contributed by atoms with van der Waals surface area (Å²) in [5.41, 5.74) is 1.68. The molecule has 0 unspecified atom stereocenters. The molecule has 132 valence electrons. The van der Waals surface area contributed by atoms with Gasteiger partial charge in [0.05, 0.1) is 35.4 Å². The minimum atomic E-state index is -0.356. The van der Waals surface area contributed by atoms with Crippen LogP contribution < -0.4 is 4.74 Å². The van der Waals surface area contributed by atoms with Crippen molar-refractivity contribution in [2.45, 2.75) is 44.5 Å². The average molecular weight is 398 g/mol. The van der Waals surface area contributed by atoms with Crippen LogP contribution in [0.4, 0.5) is 5.69 Å². The first-order chi connectivity index (χ1) is 11.5. The molecule has 1 aliphatic carbocycles. The van der Waals surface area contributed by atoms with Gasteiger partial charge in [0.15, 0.2) is 5.79 Å². The summed E-state index contributed by atoms with van der Waals surface area (Å²) in [5, 5.41) is 0. The third-order valence-corrected chi connectivity index (χ3v) is 4.89. The van der Waals surface area contributed by atoms with Gasteiger partial charge in [0.1, 0.15) is 6.10 Å². The zero-order valence-electron chi connectivity index (χ0n) is 14.4. The normalized spacial score (nSPS) is 20.8. The zero-order chi connectivity index (χ0) is 17.2. The van der Waals surface area contributed by atoms with Crippen molar-refractivity contribution in [3.8, 4) is 5.88 Å². The molecule has 3 rings (SSSR count). The first-order valence-corrected chi connectivity index (χ1v) is 9.09. The van der Waals surface area contributed by atoms with Gasteiger partial charge < -0.3 is 19.1 Å². The molecule has 0 bridgehead atoms. The van der Waals surface area contributed by atoms with Crippen molar-refractivity contribution in [3.63, 3.8) is 0 Å². The molecule has 1 aromatic heterocycles. The molecule has 1 spiro atoms. The van der Waals surface area contributed by atoms with Crippen molar-refractivity contribution in [3.05, 3.63) is 16.2 Å². The molecule has 6 nitrogen and oxygen atoms in total. The zero-order valence-corrected chi connectivity index (χ0v) is 16.0. The molecular formula is C17H24BrN3O3. The molecule has 2 heterocycles. The molecule has 2 fully saturated rings. The van der Waals surface area contributed by atoms with E-state index in [0.29, 0.717) is 19.1 Å². The summed E-state index contributed by atoms with van der Waals surface area (Å²) >= 11 is 3.55. The molecule has 2 aliphatic rings. The lowest BCUT2D eigenvalue weighted by atomic mass is 9.92. The molecule has 0 N–H and O–H groups in total. The Morgan fingerprint density at radius 3 is 2.62 bits per heavy atom. The van der Waals surface area contributed by atoms with Crippen LogP contribution in [0.15, 0.2) is 15.5 Å². The van der Waals surface area contributed by atoms with Crippen molar-refractivity contribution in [1.29, 1.82) is 0 Å². The van der Waals surface area contributed by atoms with Crippen LogP contribution in [0.25, 0.3) is 0 Å². The number of halogens is 1. The highest BCUT2D eigenvalue weighted by atomic mass is 79.9. The quantitative estimate of drug-likeness (QED) is 0.575. The first-order valence-electron chi connectivity index (χ1n) is 8.30. The Kier molecular flexibility index (Phi) is 5.42. The Labute approximate surface area is 151 Å². The lowest BCUT2D eigenvalue weighted by Gasteiger charge is -2.35. The fourth-order valence-corrected chi connectivity index (χ4v) is 3.43. The molecule has 1 aliphatic heterocycles. The van der Waals surface area contributed by atoms with Gasteiger partial charge in [-0.1, -0.05) is 0 Å². The highest BCUT2D eigenvalue weighted by Crippen LogP contribution is 2.38. The molecule has 1 aromatic rings. The Hall–Kier alpha value is -1.18. The minimum absolute atomic E-state index is 0.141. The molecule has 7 heteroatoms. The topological polar surface area (TPSA) is 56.2 Å². The van der Waals surface area contributed by atoms with E-state index in [1.54, 1.807) is 6.34 Å². The van der Waals surface area contributed by atoms with Crippen molar-refractivity contribution < 1.29 is 14.2 Å². The number of ether oxygens (including phenoxy) is 3. The van der Waals surface area contributed by atoms with Gasteiger partial charge in [-0.2, -0.15) is 0 Å². The standard InChI is InChI=1S/C17H24BrN3O3/c1-12-15(19-11-21(2)3)10-14(18)16(20-12)24-13-4-6-17(7-5-13)22-8-9-23-17/h10-11,13H,4-9H2,1-3H3/b19-11+. The fraction of sp³-hybridized carbons (Fsp3) is 0.647. The van der Waals surface area contributed by atoms with Crippen LogP contribution >= 0.6 is 15.9 Å². The highest BCUT2D eigenvalue weighted by Gasteiger charge is 2.41. The fourth-order valence-electron chi connectivity index (χ4n) is 3.03. The van der Waals surface area contributed by atoms with Gasteiger partial charge in [0.25, 0.3) is 0 Å². The number of hydrogen-bond donors (Lipinski definition) is 0. The van der Waals surface area contributed by atoms with Crippen molar-refractivity contribution >= 4 is 28.0 Å². The van der Waals surface area contributed by atoms with E-state index in [1.165, 1.54) is 0 Å². The van der Waals surface area contributed by atoms with Crippen LogP contribution in [0.1, 0.15) is 31.4 Å². The van der Waals surface area contributed by atoms with Crippen molar-refractivity contribution in [2.75, 3.05) is 27.3 Å². The van der Waals surface area contributed by atoms with E-state index in [0.717, 1.165) is 41.5 Å². The average Bonchev–Trinajstić information content (AvgIpc) is 3.00. The summed E-state index contributed by atoms with van der Waals surface area (Å²) in [5.74, 6) is 0.274. The number of hydrogen-bond acceptors (Lipinski definition) is 5. The molecule has 1 saturated carbocycles. The van der Waals surface area contributed by atoms with E-state index in [4.69, 9.17) is 14.2 Å². The lowest BCUT2D eigenvalue weighted by molar-refractivity contribution is -0.186. The Morgan fingerprint density at radius 1 is 1.33 bits per heavy atom. The van der Waals surface area contributed by atoms with Crippen LogP contribution in [-0.2, 0) is 9.47 Å². The Bertz CT molecular complexity index is 605. The SMILES string of the molecule is Cc1nc(OC2CCC3(CC2)OCCO3)c(Br)cc1/N=C/N(C)C. The summed E-state index contributed by atoms with van der Waals surface area (Å²) in [6, 6.07) is 1.95. The van der Waals surface area contributed by atoms with Crippen molar-refractivity contribution in [1.82, 2.24) is 9.88 Å². The van der Waals surface area contributed by atoms with E-state index in [9.17, 15) is 0 Å². The smallest absolute Gasteiger partial charge is 0.228 e. The third kappa shape index (κ3) is 4.07. The molecule has 0 aromatic carbocycles. The van der Waals surface area contributed by atoms with Gasteiger partial charge in [0, 0.05) is 26.9 Å². The Balaban J connectivity index is 1.64. The maximum Gasteiger partial charge on any atom is 0.228 e. The van der Waals surface area contributed by atoms with E-state index in [-0.39, 0.29) is 11.9 Å². The summed E-state index contributed by atoms with van der Waals surface area (Å²) < 4.78 is 18.5. The number of aromatic nitrogens is 1. The summed E-state index contributed by atoms with van der Waals surface area (Å²) in [6.07, 6.45) is 5.47. The van der Waals surface area contributed by atoms with Crippen LogP contribution in [0.2, 0.25) is 0 Å². The second-order valence-electron chi connectivity index (χ2n) is 6.51. The molecular weight excluding hydrogens is 374 g/mol. The van der Waals surface area contributed by atoms with Gasteiger partial charge in [0.2, 0.25) is 5.88 Å². The molecule has 1 saturated heterocycles. The van der Waals surface area contributed by atoms with Gasteiger partial charge in [-0.05, 0) is 41.8 Å². The second kappa shape index (κ2) is 7.37. The predicted molar refractivity (Wildman–Crippen MR) is 96.0 cm³/mol. The lowest BCUT2D eigenvalue weighted by Crippen LogP contribution is -2.38. The number of aryl methyl sites for hydroxylation is 1. The predicted octanol–water partition coefficient (Wildman–Crippen LogP) is 3.44. The van der Waals surface area contributed by atoms with Crippen molar-refractivity contribution in [2.24, 2.45) is 4.99 Å². The number of nitrogens with zero attached hydrogens (tertiary/aromatic N) is 3. The number of aliphatic imine (C=N–C) groups is 1. The monoisotopic (exact) mass is 397 g/mol. The van der Waals surface area contributed by atoms with E-state index in [2.05, 4.69) is 25.9 Å². The number of rotatable bonds is 4. The van der Waals surface area contributed by atoms with Crippen LogP contribution in [-0.4, -0.2) is 55.4 Å². The van der Waals surface area contributed by atoms with Gasteiger partial charge >= 0.3 is 0 Å². The molecule has 0 amide bonds. The highest BCUT2D eigenvalue weighted by molar-refractivity contribution is 9.10. The van der Waals surface area contributed by atoms with E-state index < -0.39 is 0 Å². The van der Waals surface area contributed by atoms with Gasteiger partial charge in [-0.25, -0.2) is 9.98 Å². The van der Waals surface area contributed by atoms with Crippen LogP contribution in [0.5, 0.6) is 5.88 Å². The second-order valence-corrected chi connectivity index (χ2v) is 7.37. The van der Waals surface area contributed by atoms with Crippen LogP contribution in [0.3, 0.4) is 0 Å². The summed E-state index contributed by atoms with van der Waals surface area (Å²) in [6.45, 7) is 3.34. The third-order valence-electron chi connectivity index (χ3n) is 4.32. The van der Waals surface area contributed by atoms with Gasteiger partial charge in [-0.3, -0.25) is 0 Å². The first kappa shape index (κ1) is 17.6. The molecule has 24 heavy (non-hydrogen) atoms. The summed E-state index contributed by atoms with van der Waals surface area (Å²) in [7, 11) is 3.87. The molecule has 0 atom stereocenters. The number of pyridine rings is 1. The minimum Gasteiger partial charge on any atom is -0.474 e.